The first-order valence-corrected chi connectivity index (χ1v) is 6.41. The minimum absolute atomic E-state index is 0.154. The van der Waals surface area contributed by atoms with Crippen molar-refractivity contribution >= 4 is 17.5 Å². The Bertz CT molecular complexity index is 555. The Hall–Kier alpha value is -2.24. The van der Waals surface area contributed by atoms with E-state index in [2.05, 4.69) is 5.32 Å². The lowest BCUT2D eigenvalue weighted by molar-refractivity contribution is -0.133. The molecule has 0 aliphatic carbocycles. The second-order valence-corrected chi connectivity index (χ2v) is 5.23. The molecule has 0 bridgehead atoms. The summed E-state index contributed by atoms with van der Waals surface area (Å²) in [6.45, 7) is 4.39. The summed E-state index contributed by atoms with van der Waals surface area (Å²) in [6, 6.07) is 4.88. The van der Waals surface area contributed by atoms with E-state index in [1.165, 1.54) is 7.11 Å². The number of rotatable bonds is 2. The van der Waals surface area contributed by atoms with Crippen LogP contribution in [-0.4, -0.2) is 42.5 Å². The van der Waals surface area contributed by atoms with Crippen LogP contribution < -0.4 is 15.8 Å². The van der Waals surface area contributed by atoms with Crippen LogP contribution in [0.3, 0.4) is 0 Å². The highest BCUT2D eigenvalue weighted by Crippen LogP contribution is 2.25. The molecule has 1 aromatic rings. The number of amides is 2. The van der Waals surface area contributed by atoms with Crippen LogP contribution in [0.2, 0.25) is 0 Å². The van der Waals surface area contributed by atoms with Gasteiger partial charge >= 0.3 is 0 Å². The molecular weight excluding hydrogens is 258 g/mol. The van der Waals surface area contributed by atoms with E-state index in [4.69, 9.17) is 10.5 Å². The van der Waals surface area contributed by atoms with Crippen LogP contribution >= 0.6 is 0 Å². The van der Waals surface area contributed by atoms with E-state index in [1.54, 1.807) is 36.9 Å². The maximum Gasteiger partial charge on any atom is 0.254 e. The predicted octanol–water partition coefficient (Wildman–Crippen LogP) is 0.628. The number of ether oxygens (including phenoxy) is 1. The lowest BCUT2D eigenvalue weighted by Crippen LogP contribution is -2.63. The largest absolute Gasteiger partial charge is 0.495 e. The Balaban J connectivity index is 2.31. The van der Waals surface area contributed by atoms with Crippen molar-refractivity contribution < 1.29 is 14.3 Å². The van der Waals surface area contributed by atoms with E-state index in [0.29, 0.717) is 30.1 Å². The van der Waals surface area contributed by atoms with Gasteiger partial charge in [-0.15, -0.1) is 0 Å². The molecule has 20 heavy (non-hydrogen) atoms. The molecule has 0 radical (unpaired) electrons. The molecular formula is C14H19N3O3. The quantitative estimate of drug-likeness (QED) is 0.776. The number of hydrogen-bond donors (Lipinski definition) is 2. The third-order valence-electron chi connectivity index (χ3n) is 3.57. The summed E-state index contributed by atoms with van der Waals surface area (Å²) in [5, 5.41) is 2.76. The molecule has 6 nitrogen and oxygen atoms in total. The number of methoxy groups -OCH3 is 1. The van der Waals surface area contributed by atoms with Crippen molar-refractivity contribution in [3.63, 3.8) is 0 Å². The summed E-state index contributed by atoms with van der Waals surface area (Å²) in [5.74, 6) is 0.162. The number of piperazine rings is 1. The average Bonchev–Trinajstić information content (AvgIpc) is 2.41. The SMILES string of the molecule is COc1ccc(C(=O)N2CCNC(=O)C2(C)C)cc1N. The minimum atomic E-state index is -0.871. The van der Waals surface area contributed by atoms with Crippen LogP contribution in [0, 0.1) is 0 Å². The van der Waals surface area contributed by atoms with Crippen molar-refractivity contribution in [2.24, 2.45) is 0 Å². The number of nitrogens with one attached hydrogen (secondary N) is 1. The summed E-state index contributed by atoms with van der Waals surface area (Å²) >= 11 is 0. The zero-order chi connectivity index (χ0) is 14.9. The fourth-order valence-electron chi connectivity index (χ4n) is 2.28. The van der Waals surface area contributed by atoms with Crippen LogP contribution in [0.15, 0.2) is 18.2 Å². The maximum absolute atomic E-state index is 12.6. The molecule has 2 amide bonds. The highest BCUT2D eigenvalue weighted by molar-refractivity contribution is 6.00. The van der Waals surface area contributed by atoms with Crippen LogP contribution in [0.25, 0.3) is 0 Å². The van der Waals surface area contributed by atoms with Gasteiger partial charge in [-0.2, -0.15) is 0 Å². The molecule has 3 N–H and O–H groups in total. The van der Waals surface area contributed by atoms with E-state index >= 15 is 0 Å². The number of hydrogen-bond acceptors (Lipinski definition) is 4. The van der Waals surface area contributed by atoms with Crippen LogP contribution in [0.1, 0.15) is 24.2 Å². The van der Waals surface area contributed by atoms with Crippen molar-refractivity contribution in [1.29, 1.82) is 0 Å². The zero-order valence-electron chi connectivity index (χ0n) is 11.9. The molecule has 0 aromatic heterocycles. The number of nitrogens with zero attached hydrogens (tertiary/aromatic N) is 1. The molecule has 1 aromatic carbocycles. The maximum atomic E-state index is 12.6. The van der Waals surface area contributed by atoms with Gasteiger partial charge in [-0.05, 0) is 32.0 Å². The Kier molecular flexibility index (Phi) is 3.57. The van der Waals surface area contributed by atoms with E-state index in [1.807, 2.05) is 0 Å². The summed E-state index contributed by atoms with van der Waals surface area (Å²) < 4.78 is 5.07. The van der Waals surface area contributed by atoms with E-state index in [0.717, 1.165) is 0 Å². The lowest BCUT2D eigenvalue weighted by atomic mass is 9.97. The Morgan fingerprint density at radius 1 is 1.45 bits per heavy atom. The highest BCUT2D eigenvalue weighted by atomic mass is 16.5. The molecule has 2 rings (SSSR count). The van der Waals surface area contributed by atoms with Crippen LogP contribution in [-0.2, 0) is 4.79 Å². The minimum Gasteiger partial charge on any atom is -0.495 e. The van der Waals surface area contributed by atoms with Crippen LogP contribution in [0.4, 0.5) is 5.69 Å². The number of nitrogen functional groups attached to an aromatic ring is 1. The topological polar surface area (TPSA) is 84.7 Å². The van der Waals surface area contributed by atoms with Gasteiger partial charge in [-0.25, -0.2) is 0 Å². The van der Waals surface area contributed by atoms with Gasteiger partial charge < -0.3 is 20.7 Å². The van der Waals surface area contributed by atoms with Gasteiger partial charge in [0.15, 0.2) is 0 Å². The summed E-state index contributed by atoms with van der Waals surface area (Å²) in [7, 11) is 1.52. The first-order chi connectivity index (χ1) is 9.37. The normalized spacial score (nSPS) is 17.6. The second-order valence-electron chi connectivity index (χ2n) is 5.23. The molecule has 1 saturated heterocycles. The van der Waals surface area contributed by atoms with Crippen molar-refractivity contribution in [1.82, 2.24) is 10.2 Å². The third-order valence-corrected chi connectivity index (χ3v) is 3.57. The number of carbonyl (C=O) groups excluding carboxylic acids is 2. The number of benzene rings is 1. The summed E-state index contributed by atoms with van der Waals surface area (Å²) in [6.07, 6.45) is 0. The molecule has 1 heterocycles. The Morgan fingerprint density at radius 2 is 2.15 bits per heavy atom. The van der Waals surface area contributed by atoms with Crippen molar-refractivity contribution in [2.45, 2.75) is 19.4 Å². The smallest absolute Gasteiger partial charge is 0.254 e. The van der Waals surface area contributed by atoms with Crippen molar-refractivity contribution in [2.75, 3.05) is 25.9 Å². The first-order valence-electron chi connectivity index (χ1n) is 6.41. The molecule has 0 spiro atoms. The molecule has 108 valence electrons. The van der Waals surface area contributed by atoms with Gasteiger partial charge in [0.25, 0.3) is 5.91 Å². The highest BCUT2D eigenvalue weighted by Gasteiger charge is 2.40. The van der Waals surface area contributed by atoms with E-state index < -0.39 is 5.54 Å². The fraction of sp³-hybridized carbons (Fsp3) is 0.429. The van der Waals surface area contributed by atoms with Gasteiger partial charge in [-0.1, -0.05) is 0 Å². The molecule has 1 fully saturated rings. The number of anilines is 1. The van der Waals surface area contributed by atoms with E-state index in [-0.39, 0.29) is 11.8 Å². The molecule has 0 unspecified atom stereocenters. The summed E-state index contributed by atoms with van der Waals surface area (Å²) in [5.41, 5.74) is 5.80. The van der Waals surface area contributed by atoms with Gasteiger partial charge in [0.05, 0.1) is 12.8 Å². The number of carbonyl (C=O) groups is 2. The molecule has 0 atom stereocenters. The third kappa shape index (κ3) is 2.29. The first kappa shape index (κ1) is 14.2. The van der Waals surface area contributed by atoms with Gasteiger partial charge in [-0.3, -0.25) is 9.59 Å². The standard InChI is InChI=1S/C14H19N3O3/c1-14(2)13(19)16-6-7-17(14)12(18)9-4-5-11(20-3)10(15)8-9/h4-5,8H,6-7,15H2,1-3H3,(H,16,19). The average molecular weight is 277 g/mol. The monoisotopic (exact) mass is 277 g/mol. The number of nitrogens with two attached hydrogens (primary N) is 1. The lowest BCUT2D eigenvalue weighted by Gasteiger charge is -2.41. The zero-order valence-corrected chi connectivity index (χ0v) is 11.9. The molecule has 1 aliphatic heterocycles. The van der Waals surface area contributed by atoms with Crippen molar-refractivity contribution in [3.05, 3.63) is 23.8 Å². The molecule has 1 aliphatic rings. The molecule has 0 saturated carbocycles. The second kappa shape index (κ2) is 5.03. The van der Waals surface area contributed by atoms with Gasteiger partial charge in [0.2, 0.25) is 5.91 Å². The molecule has 6 heteroatoms. The Morgan fingerprint density at radius 3 is 2.75 bits per heavy atom. The summed E-state index contributed by atoms with van der Waals surface area (Å²) in [4.78, 5) is 26.0. The predicted molar refractivity (Wildman–Crippen MR) is 75.5 cm³/mol. The van der Waals surface area contributed by atoms with Crippen LogP contribution in [0.5, 0.6) is 5.75 Å². The van der Waals surface area contributed by atoms with Gasteiger partial charge in [0.1, 0.15) is 11.3 Å². The van der Waals surface area contributed by atoms with Gasteiger partial charge in [0, 0.05) is 18.7 Å². The fourth-order valence-corrected chi connectivity index (χ4v) is 2.28. The van der Waals surface area contributed by atoms with E-state index in [9.17, 15) is 9.59 Å². The Labute approximate surface area is 117 Å². The van der Waals surface area contributed by atoms with Crippen molar-refractivity contribution in [3.8, 4) is 5.75 Å².